The SMILES string of the molecule is CCSC1=C(c2ccc(C)cc2C)C(=O)N(c2ccccc2OC)C1=O. The molecule has 4 nitrogen and oxygen atoms in total. The zero-order valence-corrected chi connectivity index (χ0v) is 16.1. The number of para-hydroxylation sites is 2. The summed E-state index contributed by atoms with van der Waals surface area (Å²) in [5.74, 6) is 0.614. The van der Waals surface area contributed by atoms with Crippen LogP contribution >= 0.6 is 11.8 Å². The number of nitrogens with zero attached hydrogens (tertiary/aromatic N) is 1. The first-order valence-electron chi connectivity index (χ1n) is 8.46. The van der Waals surface area contributed by atoms with Gasteiger partial charge < -0.3 is 4.74 Å². The molecule has 134 valence electrons. The Balaban J connectivity index is 2.16. The Kier molecular flexibility index (Phi) is 5.18. The molecule has 0 N–H and O–H groups in total. The Morgan fingerprint density at radius 2 is 1.77 bits per heavy atom. The van der Waals surface area contributed by atoms with E-state index in [0.717, 1.165) is 16.7 Å². The van der Waals surface area contributed by atoms with Gasteiger partial charge in [-0.3, -0.25) is 9.59 Å². The van der Waals surface area contributed by atoms with Gasteiger partial charge in [-0.05, 0) is 42.9 Å². The maximum atomic E-state index is 13.3. The van der Waals surface area contributed by atoms with E-state index in [9.17, 15) is 9.59 Å². The largest absolute Gasteiger partial charge is 0.495 e. The van der Waals surface area contributed by atoms with Crippen molar-refractivity contribution < 1.29 is 14.3 Å². The number of methoxy groups -OCH3 is 1. The molecule has 2 aromatic carbocycles. The minimum absolute atomic E-state index is 0.290. The predicted molar refractivity (Wildman–Crippen MR) is 106 cm³/mol. The van der Waals surface area contributed by atoms with Crippen molar-refractivity contribution in [2.75, 3.05) is 17.8 Å². The van der Waals surface area contributed by atoms with Crippen LogP contribution in [0.15, 0.2) is 47.4 Å². The molecule has 0 aromatic heterocycles. The van der Waals surface area contributed by atoms with Crippen LogP contribution in [0, 0.1) is 13.8 Å². The van der Waals surface area contributed by atoms with Crippen molar-refractivity contribution in [1.82, 2.24) is 0 Å². The van der Waals surface area contributed by atoms with Gasteiger partial charge in [0.15, 0.2) is 0 Å². The van der Waals surface area contributed by atoms with Crippen LogP contribution in [0.4, 0.5) is 5.69 Å². The number of carbonyl (C=O) groups excluding carboxylic acids is 2. The number of carbonyl (C=O) groups is 2. The van der Waals surface area contributed by atoms with Crippen LogP contribution in [-0.4, -0.2) is 24.7 Å². The third kappa shape index (κ3) is 3.03. The van der Waals surface area contributed by atoms with E-state index in [1.807, 2.05) is 45.0 Å². The van der Waals surface area contributed by atoms with E-state index in [0.29, 0.717) is 27.7 Å². The topological polar surface area (TPSA) is 46.6 Å². The van der Waals surface area contributed by atoms with Crippen molar-refractivity contribution in [3.05, 3.63) is 64.1 Å². The second kappa shape index (κ2) is 7.38. The molecule has 1 heterocycles. The summed E-state index contributed by atoms with van der Waals surface area (Å²) in [5, 5.41) is 0. The molecule has 2 amide bonds. The van der Waals surface area contributed by atoms with Crippen molar-refractivity contribution in [1.29, 1.82) is 0 Å². The van der Waals surface area contributed by atoms with Gasteiger partial charge in [0, 0.05) is 0 Å². The molecule has 0 atom stereocenters. The average Bonchev–Trinajstić information content (AvgIpc) is 2.86. The van der Waals surface area contributed by atoms with Crippen molar-refractivity contribution in [3.63, 3.8) is 0 Å². The highest BCUT2D eigenvalue weighted by atomic mass is 32.2. The normalized spacial score (nSPS) is 14.4. The first-order valence-corrected chi connectivity index (χ1v) is 9.44. The summed E-state index contributed by atoms with van der Waals surface area (Å²) >= 11 is 1.41. The number of ether oxygens (including phenoxy) is 1. The molecule has 0 bridgehead atoms. The van der Waals surface area contributed by atoms with Gasteiger partial charge in [-0.1, -0.05) is 42.8 Å². The van der Waals surface area contributed by atoms with E-state index in [-0.39, 0.29) is 11.8 Å². The molecule has 0 unspecified atom stereocenters. The molecule has 0 fully saturated rings. The van der Waals surface area contributed by atoms with Crippen LogP contribution in [0.2, 0.25) is 0 Å². The Bertz CT molecular complexity index is 917. The van der Waals surface area contributed by atoms with Crippen LogP contribution in [0.5, 0.6) is 5.75 Å². The van der Waals surface area contributed by atoms with Gasteiger partial charge in [-0.25, -0.2) is 4.90 Å². The van der Waals surface area contributed by atoms with Gasteiger partial charge in [0.25, 0.3) is 11.8 Å². The van der Waals surface area contributed by atoms with Crippen LogP contribution in [-0.2, 0) is 9.59 Å². The molecule has 1 aliphatic rings. The monoisotopic (exact) mass is 367 g/mol. The molecule has 1 aliphatic heterocycles. The van der Waals surface area contributed by atoms with E-state index in [2.05, 4.69) is 0 Å². The van der Waals surface area contributed by atoms with Crippen LogP contribution in [0.1, 0.15) is 23.6 Å². The van der Waals surface area contributed by atoms with Crippen LogP contribution in [0.25, 0.3) is 5.57 Å². The highest BCUT2D eigenvalue weighted by Gasteiger charge is 2.41. The number of imide groups is 1. The molecule has 0 aliphatic carbocycles. The van der Waals surface area contributed by atoms with E-state index >= 15 is 0 Å². The number of anilines is 1. The molecule has 26 heavy (non-hydrogen) atoms. The Morgan fingerprint density at radius 3 is 2.42 bits per heavy atom. The van der Waals surface area contributed by atoms with E-state index < -0.39 is 0 Å². The molecule has 0 spiro atoms. The van der Waals surface area contributed by atoms with Gasteiger partial charge in [-0.2, -0.15) is 0 Å². The molecule has 0 saturated carbocycles. The Morgan fingerprint density at radius 1 is 1.04 bits per heavy atom. The molecule has 2 aromatic rings. The zero-order valence-electron chi connectivity index (χ0n) is 15.3. The lowest BCUT2D eigenvalue weighted by atomic mass is 9.99. The number of rotatable bonds is 5. The Labute approximate surface area is 157 Å². The number of hydrogen-bond acceptors (Lipinski definition) is 4. The lowest BCUT2D eigenvalue weighted by molar-refractivity contribution is -0.119. The number of thioether (sulfide) groups is 1. The first kappa shape index (κ1) is 18.3. The zero-order chi connectivity index (χ0) is 18.8. The van der Waals surface area contributed by atoms with Crippen molar-refractivity contribution in [2.45, 2.75) is 20.8 Å². The van der Waals surface area contributed by atoms with Crippen LogP contribution in [0.3, 0.4) is 0 Å². The lowest BCUT2D eigenvalue weighted by Gasteiger charge is -2.18. The summed E-state index contributed by atoms with van der Waals surface area (Å²) < 4.78 is 5.36. The van der Waals surface area contributed by atoms with Gasteiger partial charge >= 0.3 is 0 Å². The average molecular weight is 367 g/mol. The predicted octanol–water partition coefficient (Wildman–Crippen LogP) is 4.35. The summed E-state index contributed by atoms with van der Waals surface area (Å²) in [4.78, 5) is 28.1. The number of aryl methyl sites for hydroxylation is 2. The quantitative estimate of drug-likeness (QED) is 0.737. The molecule has 3 rings (SSSR count). The highest BCUT2D eigenvalue weighted by Crippen LogP contribution is 2.41. The fourth-order valence-corrected chi connectivity index (χ4v) is 4.00. The van der Waals surface area contributed by atoms with Crippen molar-refractivity contribution in [3.8, 4) is 5.75 Å². The van der Waals surface area contributed by atoms with Gasteiger partial charge in [0.1, 0.15) is 5.75 Å². The standard InChI is InChI=1S/C21H21NO3S/c1-5-26-19-18(15-11-10-13(2)12-14(15)3)20(23)22(21(19)24)16-8-6-7-9-17(16)25-4/h6-12H,5H2,1-4H3. The smallest absolute Gasteiger partial charge is 0.272 e. The molecule has 0 radical (unpaired) electrons. The maximum Gasteiger partial charge on any atom is 0.272 e. The summed E-state index contributed by atoms with van der Waals surface area (Å²) in [5.41, 5.74) is 3.86. The van der Waals surface area contributed by atoms with Crippen molar-refractivity contribution >= 4 is 34.8 Å². The first-order chi connectivity index (χ1) is 12.5. The van der Waals surface area contributed by atoms with Crippen LogP contribution < -0.4 is 9.64 Å². The number of hydrogen-bond donors (Lipinski definition) is 0. The summed E-state index contributed by atoms with van der Waals surface area (Å²) in [6, 6.07) is 13.0. The van der Waals surface area contributed by atoms with E-state index in [1.165, 1.54) is 23.8 Å². The van der Waals surface area contributed by atoms with Gasteiger partial charge in [0.2, 0.25) is 0 Å². The minimum atomic E-state index is -0.303. The van der Waals surface area contributed by atoms with E-state index in [4.69, 9.17) is 4.74 Å². The number of amides is 2. The van der Waals surface area contributed by atoms with Gasteiger partial charge in [-0.15, -0.1) is 11.8 Å². The third-order valence-corrected chi connectivity index (χ3v) is 5.26. The van der Waals surface area contributed by atoms with E-state index in [1.54, 1.807) is 18.2 Å². The molecule has 5 heteroatoms. The van der Waals surface area contributed by atoms with Gasteiger partial charge in [0.05, 0.1) is 23.3 Å². The second-order valence-electron chi connectivity index (χ2n) is 6.07. The maximum absolute atomic E-state index is 13.3. The fourth-order valence-electron chi connectivity index (χ4n) is 3.15. The second-order valence-corrected chi connectivity index (χ2v) is 7.35. The Hall–Kier alpha value is -2.53. The van der Waals surface area contributed by atoms with Crippen molar-refractivity contribution in [2.24, 2.45) is 0 Å². The highest BCUT2D eigenvalue weighted by molar-refractivity contribution is 8.04. The summed E-state index contributed by atoms with van der Waals surface area (Å²) in [7, 11) is 1.53. The molecular formula is C21H21NO3S. The molecular weight excluding hydrogens is 346 g/mol. The molecule has 0 saturated heterocycles. The fraction of sp³-hybridized carbons (Fsp3) is 0.238. The summed E-state index contributed by atoms with van der Waals surface area (Å²) in [6.45, 7) is 5.95. The minimum Gasteiger partial charge on any atom is -0.495 e. The third-order valence-electron chi connectivity index (χ3n) is 4.31. The summed E-state index contributed by atoms with van der Waals surface area (Å²) in [6.07, 6.45) is 0. The lowest BCUT2D eigenvalue weighted by Crippen LogP contribution is -2.31. The number of benzene rings is 2.